The zero-order valence-corrected chi connectivity index (χ0v) is 19.4. The Morgan fingerprint density at radius 3 is 2.38 bits per heavy atom. The number of nitrogens with zero attached hydrogens (tertiary/aromatic N) is 3. The molecule has 0 fully saturated rings. The number of aromatic hydroxyl groups is 1. The van der Waals surface area contributed by atoms with Gasteiger partial charge < -0.3 is 20.0 Å². The molecule has 0 saturated carbocycles. The summed E-state index contributed by atoms with van der Waals surface area (Å²) in [6, 6.07) is 8.87. The summed E-state index contributed by atoms with van der Waals surface area (Å²) in [7, 11) is 0. The van der Waals surface area contributed by atoms with Gasteiger partial charge in [-0.25, -0.2) is 14.2 Å². The van der Waals surface area contributed by atoms with Crippen LogP contribution in [0.4, 0.5) is 11.4 Å². The highest BCUT2D eigenvalue weighted by Gasteiger charge is 2.17. The lowest BCUT2D eigenvalue weighted by Crippen LogP contribution is -2.31. The lowest BCUT2D eigenvalue weighted by Gasteiger charge is -2.22. The molecule has 0 aliphatic heterocycles. The van der Waals surface area contributed by atoms with E-state index in [2.05, 4.69) is 24.8 Å². The van der Waals surface area contributed by atoms with Crippen LogP contribution in [-0.2, 0) is 0 Å². The third-order valence-electron chi connectivity index (χ3n) is 5.99. The molecule has 4 N–H and O–H groups in total. The summed E-state index contributed by atoms with van der Waals surface area (Å²) in [4.78, 5) is 51.2. The minimum Gasteiger partial charge on any atom is -0.493 e. The number of aromatic nitrogens is 4. The first-order valence-electron chi connectivity index (χ1n) is 10.9. The van der Waals surface area contributed by atoms with Crippen LogP contribution in [0, 0.1) is 13.8 Å². The average Bonchev–Trinajstić information content (AvgIpc) is 3.15. The first-order chi connectivity index (χ1) is 16.2. The minimum atomic E-state index is -0.756. The number of benzene rings is 2. The third kappa shape index (κ3) is 3.94. The van der Waals surface area contributed by atoms with E-state index in [0.717, 1.165) is 21.4 Å². The fraction of sp³-hybridized carbons (Fsp3) is 0.250. The number of rotatable bonds is 6. The molecule has 0 bridgehead atoms. The number of aryl methyl sites for hydroxylation is 1. The van der Waals surface area contributed by atoms with Crippen molar-refractivity contribution in [2.24, 2.45) is 4.99 Å². The molecule has 34 heavy (non-hydrogen) atoms. The van der Waals surface area contributed by atoms with Crippen LogP contribution in [0.25, 0.3) is 16.7 Å². The second-order valence-corrected chi connectivity index (χ2v) is 7.95. The third-order valence-corrected chi connectivity index (χ3v) is 5.99. The molecule has 0 atom stereocenters. The normalized spacial score (nSPS) is 11.5. The Labute approximate surface area is 194 Å². The number of imidazole rings is 1. The van der Waals surface area contributed by atoms with Gasteiger partial charge in [-0.05, 0) is 57.0 Å². The van der Waals surface area contributed by atoms with E-state index in [0.29, 0.717) is 35.5 Å². The molecule has 176 valence electrons. The summed E-state index contributed by atoms with van der Waals surface area (Å²) in [6.07, 6.45) is 1.23. The Balaban J connectivity index is 1.90. The molecule has 0 unspecified atom stereocenters. The van der Waals surface area contributed by atoms with Crippen LogP contribution in [0.3, 0.4) is 0 Å². The smallest absolute Gasteiger partial charge is 0.335 e. The molecule has 2 heterocycles. The molecular weight excluding hydrogens is 436 g/mol. The van der Waals surface area contributed by atoms with Gasteiger partial charge in [0.1, 0.15) is 5.56 Å². The van der Waals surface area contributed by atoms with E-state index >= 15 is 0 Å². The number of aromatic amines is 3. The largest absolute Gasteiger partial charge is 0.493 e. The van der Waals surface area contributed by atoms with Crippen molar-refractivity contribution in [3.8, 4) is 11.6 Å². The number of aliphatic imine (C=N–C) groups is 1. The summed E-state index contributed by atoms with van der Waals surface area (Å²) >= 11 is 0. The van der Waals surface area contributed by atoms with Crippen LogP contribution in [0.1, 0.15) is 30.5 Å². The van der Waals surface area contributed by atoms with Gasteiger partial charge in [-0.2, -0.15) is 0 Å². The van der Waals surface area contributed by atoms with Crippen LogP contribution in [0.15, 0.2) is 49.7 Å². The summed E-state index contributed by atoms with van der Waals surface area (Å²) in [5.74, 6) is -0.508. The molecule has 2 aromatic heterocycles. The van der Waals surface area contributed by atoms with Crippen molar-refractivity contribution in [3.63, 3.8) is 0 Å². The van der Waals surface area contributed by atoms with Crippen molar-refractivity contribution < 1.29 is 5.11 Å². The highest BCUT2D eigenvalue weighted by molar-refractivity contribution is 5.91. The molecule has 0 radical (unpaired) electrons. The monoisotopic (exact) mass is 462 g/mol. The first kappa shape index (κ1) is 22.8. The lowest BCUT2D eigenvalue weighted by atomic mass is 10.1. The Morgan fingerprint density at radius 1 is 1.03 bits per heavy atom. The van der Waals surface area contributed by atoms with Crippen molar-refractivity contribution in [2.75, 3.05) is 18.0 Å². The summed E-state index contributed by atoms with van der Waals surface area (Å²) < 4.78 is 1.06. The van der Waals surface area contributed by atoms with Crippen molar-refractivity contribution in [1.29, 1.82) is 0 Å². The van der Waals surface area contributed by atoms with Crippen molar-refractivity contribution in [2.45, 2.75) is 27.7 Å². The molecule has 0 aliphatic rings. The molecule has 0 saturated heterocycles. The Hall–Kier alpha value is -4.34. The number of fused-ring (bicyclic) bond motifs is 1. The summed E-state index contributed by atoms with van der Waals surface area (Å²) in [6.45, 7) is 9.12. The highest BCUT2D eigenvalue weighted by atomic mass is 16.3. The van der Waals surface area contributed by atoms with E-state index in [4.69, 9.17) is 0 Å². The Morgan fingerprint density at radius 2 is 1.71 bits per heavy atom. The van der Waals surface area contributed by atoms with Crippen LogP contribution < -0.4 is 21.8 Å². The topological polar surface area (TPSA) is 139 Å². The average molecular weight is 463 g/mol. The maximum absolute atomic E-state index is 12.6. The SMILES string of the molecule is CCN(CC)c1cc2[nH]c(=O)[nH]c2cc1N=Cc1c(O)n(-c2cccc(C)c2C)c(=O)[nH]c1=O. The zero-order valence-electron chi connectivity index (χ0n) is 19.4. The van der Waals surface area contributed by atoms with Gasteiger partial charge in [-0.15, -0.1) is 0 Å². The standard InChI is InChI=1S/C24H26N6O4/c1-5-29(6-2)20-11-17-16(26-23(33)27-17)10-18(20)25-12-15-21(31)28-24(34)30(22(15)32)19-9-7-8-13(3)14(19)4/h7-12,32H,5-6H2,1-4H3,(H2,26,27,33)(H,28,31,34). The quantitative estimate of drug-likeness (QED) is 0.326. The maximum Gasteiger partial charge on any atom is 0.335 e. The number of nitrogens with one attached hydrogen (secondary N) is 3. The van der Waals surface area contributed by atoms with Gasteiger partial charge in [0.2, 0.25) is 5.88 Å². The molecule has 4 aromatic rings. The molecule has 2 aromatic carbocycles. The van der Waals surface area contributed by atoms with E-state index in [-0.39, 0.29) is 11.3 Å². The Kier molecular flexibility index (Phi) is 5.97. The summed E-state index contributed by atoms with van der Waals surface area (Å²) in [5, 5.41) is 10.9. The molecule has 10 heteroatoms. The number of hydrogen-bond acceptors (Lipinski definition) is 6. The van der Waals surface area contributed by atoms with E-state index in [9.17, 15) is 19.5 Å². The van der Waals surface area contributed by atoms with Gasteiger partial charge in [0, 0.05) is 19.3 Å². The lowest BCUT2D eigenvalue weighted by molar-refractivity contribution is 0.430. The maximum atomic E-state index is 12.6. The van der Waals surface area contributed by atoms with Crippen LogP contribution in [0.5, 0.6) is 5.88 Å². The molecule has 10 nitrogen and oxygen atoms in total. The number of anilines is 1. The van der Waals surface area contributed by atoms with Gasteiger partial charge >= 0.3 is 11.4 Å². The number of H-pyrrole nitrogens is 3. The predicted molar refractivity (Wildman–Crippen MR) is 134 cm³/mol. The molecule has 0 amide bonds. The fourth-order valence-electron chi connectivity index (χ4n) is 3.97. The van der Waals surface area contributed by atoms with E-state index < -0.39 is 17.1 Å². The van der Waals surface area contributed by atoms with E-state index in [1.807, 2.05) is 39.8 Å². The van der Waals surface area contributed by atoms with Gasteiger partial charge in [0.25, 0.3) is 5.56 Å². The highest BCUT2D eigenvalue weighted by Crippen LogP contribution is 2.32. The van der Waals surface area contributed by atoms with Crippen LogP contribution >= 0.6 is 0 Å². The zero-order chi connectivity index (χ0) is 24.6. The number of hydrogen-bond donors (Lipinski definition) is 4. The van der Waals surface area contributed by atoms with Gasteiger partial charge in [-0.3, -0.25) is 14.8 Å². The second kappa shape index (κ2) is 8.89. The molecule has 0 aliphatic carbocycles. The second-order valence-electron chi connectivity index (χ2n) is 7.95. The van der Waals surface area contributed by atoms with Gasteiger partial charge in [-0.1, -0.05) is 12.1 Å². The van der Waals surface area contributed by atoms with Crippen LogP contribution in [0.2, 0.25) is 0 Å². The van der Waals surface area contributed by atoms with Crippen LogP contribution in [-0.4, -0.2) is 43.9 Å². The summed E-state index contributed by atoms with van der Waals surface area (Å²) in [5.41, 5.74) is 2.63. The molecule has 0 spiro atoms. The van der Waals surface area contributed by atoms with E-state index in [1.54, 1.807) is 18.2 Å². The predicted octanol–water partition coefficient (Wildman–Crippen LogP) is 2.61. The fourth-order valence-corrected chi connectivity index (χ4v) is 3.97. The molecule has 4 rings (SSSR count). The van der Waals surface area contributed by atoms with Crippen molar-refractivity contribution >= 4 is 28.6 Å². The Bertz CT molecular complexity index is 1580. The van der Waals surface area contributed by atoms with Gasteiger partial charge in [0.05, 0.1) is 28.1 Å². The minimum absolute atomic E-state index is 0.159. The van der Waals surface area contributed by atoms with Crippen molar-refractivity contribution in [1.82, 2.24) is 19.5 Å². The van der Waals surface area contributed by atoms with E-state index in [1.165, 1.54) is 6.21 Å². The molecular formula is C24H26N6O4. The first-order valence-corrected chi connectivity index (χ1v) is 10.9. The van der Waals surface area contributed by atoms with Gasteiger partial charge in [0.15, 0.2) is 0 Å². The van der Waals surface area contributed by atoms with Crippen molar-refractivity contribution in [3.05, 3.63) is 78.3 Å².